The summed E-state index contributed by atoms with van der Waals surface area (Å²) in [7, 11) is 0. The molecule has 1 heterocycles. The minimum absolute atomic E-state index is 0.159. The summed E-state index contributed by atoms with van der Waals surface area (Å²) < 4.78 is 1.87. The van der Waals surface area contributed by atoms with Gasteiger partial charge in [0.15, 0.2) is 0 Å². The van der Waals surface area contributed by atoms with Crippen LogP contribution in [0.2, 0.25) is 0 Å². The number of aliphatic carboxylic acids is 2. The number of nitrogens with zero attached hydrogens (tertiary/aromatic N) is 2. The highest BCUT2D eigenvalue weighted by molar-refractivity contribution is 5.77. The lowest BCUT2D eigenvalue weighted by atomic mass is 10.1. The van der Waals surface area contributed by atoms with Gasteiger partial charge in [-0.3, -0.25) is 14.9 Å². The quantitative estimate of drug-likeness (QED) is 0.641. The second-order valence-electron chi connectivity index (χ2n) is 5.56. The van der Waals surface area contributed by atoms with Crippen LogP contribution in [-0.4, -0.2) is 43.8 Å². The Hall–Kier alpha value is -2.67. The molecule has 0 aliphatic heterocycles. The highest BCUT2D eigenvalue weighted by Gasteiger charge is 2.26. The van der Waals surface area contributed by atoms with E-state index in [0.29, 0.717) is 13.0 Å². The van der Waals surface area contributed by atoms with Crippen LogP contribution in [0.3, 0.4) is 0 Å². The summed E-state index contributed by atoms with van der Waals surface area (Å²) in [4.78, 5) is 26.7. The Balaban J connectivity index is 2.11. The average Bonchev–Trinajstić information content (AvgIpc) is 2.98. The molecule has 0 spiro atoms. The van der Waals surface area contributed by atoms with E-state index in [2.05, 4.69) is 10.3 Å². The zero-order chi connectivity index (χ0) is 17.5. The van der Waals surface area contributed by atoms with Crippen molar-refractivity contribution in [1.82, 2.24) is 14.9 Å². The molecule has 0 aliphatic carbocycles. The number of imidazole rings is 1. The summed E-state index contributed by atoms with van der Waals surface area (Å²) in [5.41, 5.74) is 1.81. The van der Waals surface area contributed by atoms with Gasteiger partial charge in [0.2, 0.25) is 0 Å². The van der Waals surface area contributed by atoms with E-state index in [1.807, 2.05) is 34.9 Å². The number of carboxylic acid groups (broad SMARTS) is 2. The molecule has 24 heavy (non-hydrogen) atoms. The van der Waals surface area contributed by atoms with E-state index in [1.165, 1.54) is 0 Å². The highest BCUT2D eigenvalue weighted by atomic mass is 16.4. The van der Waals surface area contributed by atoms with Crippen LogP contribution in [0.5, 0.6) is 0 Å². The van der Waals surface area contributed by atoms with Crippen LogP contribution in [0.15, 0.2) is 42.9 Å². The standard InChI is InChI=1S/C17H21N3O4/c1-2-14(16(21)22)19-15(17(23)24)8-13-9-18-11-20(13)10-12-6-4-3-5-7-12/h3-7,9,11,14-15,19H,2,8,10H2,1H3,(H,21,22)(H,23,24)/t14-,15-/m0/s1. The first-order valence-electron chi connectivity index (χ1n) is 7.75. The Morgan fingerprint density at radius 3 is 2.42 bits per heavy atom. The highest BCUT2D eigenvalue weighted by Crippen LogP contribution is 2.09. The summed E-state index contributed by atoms with van der Waals surface area (Å²) in [5.74, 6) is -2.14. The van der Waals surface area contributed by atoms with E-state index < -0.39 is 24.0 Å². The SMILES string of the molecule is CC[C@H](N[C@@H](Cc1cncn1Cc1ccccc1)C(=O)O)C(=O)O. The van der Waals surface area contributed by atoms with Gasteiger partial charge < -0.3 is 14.8 Å². The summed E-state index contributed by atoms with van der Waals surface area (Å²) in [6.07, 6.45) is 3.73. The molecule has 1 aromatic heterocycles. The van der Waals surface area contributed by atoms with Crippen molar-refractivity contribution in [2.75, 3.05) is 0 Å². The molecule has 0 radical (unpaired) electrons. The first-order chi connectivity index (χ1) is 11.5. The molecular weight excluding hydrogens is 310 g/mol. The van der Waals surface area contributed by atoms with Crippen molar-refractivity contribution in [2.24, 2.45) is 0 Å². The summed E-state index contributed by atoms with van der Waals surface area (Å²) in [6.45, 7) is 2.28. The molecule has 0 unspecified atom stereocenters. The monoisotopic (exact) mass is 331 g/mol. The zero-order valence-electron chi connectivity index (χ0n) is 13.4. The van der Waals surface area contributed by atoms with Crippen molar-refractivity contribution in [1.29, 1.82) is 0 Å². The van der Waals surface area contributed by atoms with Crippen LogP contribution in [0, 0.1) is 0 Å². The number of nitrogens with one attached hydrogen (secondary N) is 1. The number of benzene rings is 1. The molecule has 7 heteroatoms. The van der Waals surface area contributed by atoms with E-state index in [4.69, 9.17) is 5.11 Å². The molecule has 0 amide bonds. The van der Waals surface area contributed by atoms with Gasteiger partial charge in [-0.05, 0) is 12.0 Å². The molecule has 2 atom stereocenters. The predicted molar refractivity (Wildman–Crippen MR) is 87.7 cm³/mol. The smallest absolute Gasteiger partial charge is 0.321 e. The fourth-order valence-corrected chi connectivity index (χ4v) is 2.47. The lowest BCUT2D eigenvalue weighted by molar-refractivity contribution is -0.142. The minimum atomic E-state index is -1.08. The van der Waals surface area contributed by atoms with Crippen LogP contribution in [0.4, 0.5) is 0 Å². The second-order valence-corrected chi connectivity index (χ2v) is 5.56. The number of hydrogen-bond donors (Lipinski definition) is 3. The van der Waals surface area contributed by atoms with Gasteiger partial charge in [-0.2, -0.15) is 0 Å². The van der Waals surface area contributed by atoms with Crippen LogP contribution < -0.4 is 5.32 Å². The van der Waals surface area contributed by atoms with E-state index in [1.54, 1.807) is 19.4 Å². The Bertz CT molecular complexity index is 684. The Morgan fingerprint density at radius 2 is 1.83 bits per heavy atom. The van der Waals surface area contributed by atoms with Gasteiger partial charge in [0, 0.05) is 24.9 Å². The van der Waals surface area contributed by atoms with Crippen molar-refractivity contribution in [3.8, 4) is 0 Å². The number of aromatic nitrogens is 2. The van der Waals surface area contributed by atoms with E-state index in [9.17, 15) is 14.7 Å². The number of rotatable bonds is 9. The first kappa shape index (κ1) is 17.7. The van der Waals surface area contributed by atoms with Crippen molar-refractivity contribution in [2.45, 2.75) is 38.4 Å². The molecule has 0 aliphatic rings. The summed E-state index contributed by atoms with van der Waals surface area (Å²) in [5, 5.41) is 21.2. The second kappa shape index (κ2) is 8.26. The third kappa shape index (κ3) is 4.66. The predicted octanol–water partition coefficient (Wildman–Crippen LogP) is 1.38. The van der Waals surface area contributed by atoms with Gasteiger partial charge in [-0.15, -0.1) is 0 Å². The number of hydrogen-bond acceptors (Lipinski definition) is 4. The fourth-order valence-electron chi connectivity index (χ4n) is 2.47. The van der Waals surface area contributed by atoms with Gasteiger partial charge in [0.25, 0.3) is 0 Å². The third-order valence-corrected chi connectivity index (χ3v) is 3.81. The first-order valence-corrected chi connectivity index (χ1v) is 7.75. The number of carbonyl (C=O) groups is 2. The van der Waals surface area contributed by atoms with Gasteiger partial charge >= 0.3 is 11.9 Å². The van der Waals surface area contributed by atoms with E-state index in [-0.39, 0.29) is 6.42 Å². The van der Waals surface area contributed by atoms with E-state index >= 15 is 0 Å². The largest absolute Gasteiger partial charge is 0.480 e. The lowest BCUT2D eigenvalue weighted by Gasteiger charge is -2.20. The molecule has 0 fully saturated rings. The Kier molecular flexibility index (Phi) is 6.08. The molecule has 2 rings (SSSR count). The van der Waals surface area contributed by atoms with Crippen molar-refractivity contribution in [3.05, 3.63) is 54.1 Å². The molecular formula is C17H21N3O4. The maximum absolute atomic E-state index is 11.5. The lowest BCUT2D eigenvalue weighted by Crippen LogP contribution is -2.48. The number of carboxylic acids is 2. The van der Waals surface area contributed by atoms with Crippen LogP contribution in [0.25, 0.3) is 0 Å². The van der Waals surface area contributed by atoms with Crippen LogP contribution >= 0.6 is 0 Å². The Labute approximate surface area is 140 Å². The molecule has 3 N–H and O–H groups in total. The topological polar surface area (TPSA) is 104 Å². The minimum Gasteiger partial charge on any atom is -0.480 e. The van der Waals surface area contributed by atoms with Crippen LogP contribution in [0.1, 0.15) is 24.6 Å². The normalized spacial score (nSPS) is 13.4. The van der Waals surface area contributed by atoms with Crippen molar-refractivity contribution < 1.29 is 19.8 Å². The fraction of sp³-hybridized carbons (Fsp3) is 0.353. The summed E-state index contributed by atoms with van der Waals surface area (Å²) >= 11 is 0. The van der Waals surface area contributed by atoms with Crippen molar-refractivity contribution in [3.63, 3.8) is 0 Å². The molecule has 1 aromatic carbocycles. The van der Waals surface area contributed by atoms with Gasteiger partial charge in [-0.25, -0.2) is 4.98 Å². The molecule has 0 bridgehead atoms. The van der Waals surface area contributed by atoms with Crippen LogP contribution in [-0.2, 0) is 22.6 Å². The molecule has 0 saturated heterocycles. The Morgan fingerprint density at radius 1 is 1.17 bits per heavy atom. The molecule has 2 aromatic rings. The molecule has 7 nitrogen and oxygen atoms in total. The van der Waals surface area contributed by atoms with Gasteiger partial charge in [0.05, 0.1) is 6.33 Å². The van der Waals surface area contributed by atoms with Crippen molar-refractivity contribution >= 4 is 11.9 Å². The average molecular weight is 331 g/mol. The third-order valence-electron chi connectivity index (χ3n) is 3.81. The molecule has 0 saturated carbocycles. The van der Waals surface area contributed by atoms with Gasteiger partial charge in [-0.1, -0.05) is 37.3 Å². The zero-order valence-corrected chi connectivity index (χ0v) is 13.4. The summed E-state index contributed by atoms with van der Waals surface area (Å²) in [6, 6.07) is 7.88. The van der Waals surface area contributed by atoms with E-state index in [0.717, 1.165) is 11.3 Å². The molecule has 128 valence electrons. The maximum Gasteiger partial charge on any atom is 0.321 e. The van der Waals surface area contributed by atoms with Gasteiger partial charge in [0.1, 0.15) is 12.1 Å². The maximum atomic E-state index is 11.5.